The summed E-state index contributed by atoms with van der Waals surface area (Å²) in [5.74, 6) is -0.614. The summed E-state index contributed by atoms with van der Waals surface area (Å²) in [4.78, 5) is 10.3. The molecular weight excluding hydrogens is 256 g/mol. The van der Waals surface area contributed by atoms with Crippen LogP contribution >= 0.6 is 11.6 Å². The average molecular weight is 265 g/mol. The maximum absolute atomic E-state index is 10.3. The summed E-state index contributed by atoms with van der Waals surface area (Å²) in [5.41, 5.74) is 1.63. The highest BCUT2D eigenvalue weighted by atomic mass is 35.5. The van der Waals surface area contributed by atoms with Gasteiger partial charge < -0.3 is 9.52 Å². The van der Waals surface area contributed by atoms with Crippen molar-refractivity contribution in [2.24, 2.45) is 0 Å². The van der Waals surface area contributed by atoms with Crippen molar-refractivity contribution in [1.82, 2.24) is 10.2 Å². The number of nitrogens with zero attached hydrogens (tertiary/aromatic N) is 2. The van der Waals surface area contributed by atoms with Crippen LogP contribution in [0.1, 0.15) is 11.5 Å². The number of halogens is 1. The molecule has 0 atom stereocenters. The summed E-state index contributed by atoms with van der Waals surface area (Å²) >= 11 is 5.91. The first-order chi connectivity index (χ1) is 8.56. The van der Waals surface area contributed by atoms with Gasteiger partial charge in [0, 0.05) is 22.7 Å². The highest BCUT2D eigenvalue weighted by molar-refractivity contribution is 6.31. The molecule has 1 heterocycles. The number of carbonyl (C=O) groups is 1. The van der Waals surface area contributed by atoms with Crippen LogP contribution in [-0.4, -0.2) is 21.3 Å². The number of benzene rings is 1. The number of aryl methyl sites for hydroxylation is 1. The van der Waals surface area contributed by atoms with E-state index in [0.29, 0.717) is 10.9 Å². The zero-order chi connectivity index (χ0) is 13.1. The van der Waals surface area contributed by atoms with Crippen LogP contribution in [0, 0.1) is 6.92 Å². The molecular formula is C12H9ClN2O3. The molecule has 1 N–H and O–H groups in total. The van der Waals surface area contributed by atoms with E-state index < -0.39 is 5.97 Å². The Hall–Kier alpha value is -2.14. The molecule has 2 aromatic rings. The Morgan fingerprint density at radius 3 is 2.89 bits per heavy atom. The first kappa shape index (κ1) is 12.3. The Morgan fingerprint density at radius 1 is 1.44 bits per heavy atom. The van der Waals surface area contributed by atoms with E-state index in [-0.39, 0.29) is 5.89 Å². The van der Waals surface area contributed by atoms with E-state index >= 15 is 0 Å². The SMILES string of the molecule is Cc1cc(-c2nnc(/C=C/C(=O)O)o2)ccc1Cl. The molecule has 92 valence electrons. The lowest BCUT2D eigenvalue weighted by Gasteiger charge is -1.99. The second-order valence-corrected chi connectivity index (χ2v) is 3.99. The first-order valence-electron chi connectivity index (χ1n) is 5.07. The largest absolute Gasteiger partial charge is 0.478 e. The number of carboxylic acids is 1. The molecule has 0 aliphatic rings. The Labute approximate surface area is 108 Å². The van der Waals surface area contributed by atoms with Crippen LogP contribution < -0.4 is 0 Å². The lowest BCUT2D eigenvalue weighted by molar-refractivity contribution is -0.131. The van der Waals surface area contributed by atoms with Gasteiger partial charge in [-0.1, -0.05) is 11.6 Å². The fraction of sp³-hybridized carbons (Fsp3) is 0.0833. The van der Waals surface area contributed by atoms with Gasteiger partial charge in [0.2, 0.25) is 11.8 Å². The van der Waals surface area contributed by atoms with Crippen LogP contribution in [0.15, 0.2) is 28.7 Å². The first-order valence-corrected chi connectivity index (χ1v) is 5.45. The van der Waals surface area contributed by atoms with Gasteiger partial charge in [0.1, 0.15) is 0 Å². The van der Waals surface area contributed by atoms with E-state index in [9.17, 15) is 4.79 Å². The Kier molecular flexibility index (Phi) is 3.43. The lowest BCUT2D eigenvalue weighted by Crippen LogP contribution is -1.85. The molecule has 18 heavy (non-hydrogen) atoms. The van der Waals surface area contributed by atoms with Gasteiger partial charge in [0.05, 0.1) is 0 Å². The van der Waals surface area contributed by atoms with Crippen molar-refractivity contribution in [3.05, 3.63) is 40.8 Å². The molecule has 1 aromatic carbocycles. The Balaban J connectivity index is 2.29. The van der Waals surface area contributed by atoms with E-state index in [0.717, 1.165) is 17.2 Å². The molecule has 0 unspecified atom stereocenters. The monoisotopic (exact) mass is 264 g/mol. The summed E-state index contributed by atoms with van der Waals surface area (Å²) in [7, 11) is 0. The van der Waals surface area contributed by atoms with Gasteiger partial charge in [-0.2, -0.15) is 0 Å². The molecule has 0 saturated heterocycles. The van der Waals surface area contributed by atoms with Gasteiger partial charge in [0.15, 0.2) is 0 Å². The third-order valence-corrected chi connectivity index (χ3v) is 2.64. The third kappa shape index (κ3) is 2.75. The van der Waals surface area contributed by atoms with E-state index in [2.05, 4.69) is 10.2 Å². The molecule has 5 nitrogen and oxygen atoms in total. The summed E-state index contributed by atoms with van der Waals surface area (Å²) in [6, 6.07) is 5.32. The van der Waals surface area contributed by atoms with Crippen molar-refractivity contribution in [1.29, 1.82) is 0 Å². The van der Waals surface area contributed by atoms with E-state index in [1.54, 1.807) is 12.1 Å². The zero-order valence-corrected chi connectivity index (χ0v) is 10.2. The van der Waals surface area contributed by atoms with Gasteiger partial charge in [-0.05, 0) is 30.7 Å². The minimum atomic E-state index is -1.07. The topological polar surface area (TPSA) is 76.2 Å². The number of aliphatic carboxylic acids is 1. The van der Waals surface area contributed by atoms with Crippen LogP contribution in [0.5, 0.6) is 0 Å². The molecule has 0 saturated carbocycles. The Bertz CT molecular complexity index is 620. The van der Waals surface area contributed by atoms with E-state index in [1.807, 2.05) is 13.0 Å². The molecule has 0 spiro atoms. The van der Waals surface area contributed by atoms with Crippen LogP contribution in [-0.2, 0) is 4.79 Å². The molecule has 0 radical (unpaired) electrons. The van der Waals surface area contributed by atoms with Crippen LogP contribution in [0.3, 0.4) is 0 Å². The van der Waals surface area contributed by atoms with Crippen molar-refractivity contribution in [3.8, 4) is 11.5 Å². The molecule has 0 aliphatic carbocycles. The Morgan fingerprint density at radius 2 is 2.22 bits per heavy atom. The normalized spacial score (nSPS) is 11.0. The zero-order valence-electron chi connectivity index (χ0n) is 9.42. The third-order valence-electron chi connectivity index (χ3n) is 2.21. The lowest BCUT2D eigenvalue weighted by atomic mass is 10.1. The summed E-state index contributed by atoms with van der Waals surface area (Å²) < 4.78 is 5.30. The molecule has 0 amide bonds. The summed E-state index contributed by atoms with van der Waals surface area (Å²) in [6.07, 6.45) is 2.17. The number of rotatable bonds is 3. The number of hydrogen-bond donors (Lipinski definition) is 1. The smallest absolute Gasteiger partial charge is 0.328 e. The van der Waals surface area contributed by atoms with Gasteiger partial charge in [-0.25, -0.2) is 4.79 Å². The second kappa shape index (κ2) is 5.01. The number of carboxylic acid groups (broad SMARTS) is 1. The molecule has 2 rings (SSSR count). The van der Waals surface area contributed by atoms with Crippen molar-refractivity contribution in [2.45, 2.75) is 6.92 Å². The van der Waals surface area contributed by atoms with Gasteiger partial charge in [-0.3, -0.25) is 0 Å². The number of hydrogen-bond acceptors (Lipinski definition) is 4. The summed E-state index contributed by atoms with van der Waals surface area (Å²) in [5, 5.41) is 16.7. The van der Waals surface area contributed by atoms with Crippen LogP contribution in [0.4, 0.5) is 0 Å². The second-order valence-electron chi connectivity index (χ2n) is 3.58. The highest BCUT2D eigenvalue weighted by Crippen LogP contribution is 2.23. The number of aromatic nitrogens is 2. The minimum absolute atomic E-state index is 0.139. The maximum Gasteiger partial charge on any atom is 0.328 e. The quantitative estimate of drug-likeness (QED) is 0.863. The van der Waals surface area contributed by atoms with Gasteiger partial charge >= 0.3 is 5.97 Å². The highest BCUT2D eigenvalue weighted by Gasteiger charge is 2.08. The molecule has 1 aromatic heterocycles. The average Bonchev–Trinajstić information content (AvgIpc) is 2.79. The van der Waals surface area contributed by atoms with Crippen LogP contribution in [0.2, 0.25) is 5.02 Å². The summed E-state index contributed by atoms with van der Waals surface area (Å²) in [6.45, 7) is 1.87. The van der Waals surface area contributed by atoms with Crippen molar-refractivity contribution >= 4 is 23.6 Å². The molecule has 0 fully saturated rings. The van der Waals surface area contributed by atoms with Crippen molar-refractivity contribution in [2.75, 3.05) is 0 Å². The minimum Gasteiger partial charge on any atom is -0.478 e. The molecule has 0 aliphatic heterocycles. The van der Waals surface area contributed by atoms with Gasteiger partial charge in [0.25, 0.3) is 0 Å². The maximum atomic E-state index is 10.3. The van der Waals surface area contributed by atoms with Crippen molar-refractivity contribution < 1.29 is 14.3 Å². The van der Waals surface area contributed by atoms with Gasteiger partial charge in [-0.15, -0.1) is 10.2 Å². The molecule has 0 bridgehead atoms. The van der Waals surface area contributed by atoms with Crippen molar-refractivity contribution in [3.63, 3.8) is 0 Å². The standard InChI is InChI=1S/C12H9ClN2O3/c1-7-6-8(2-3-9(7)13)12-15-14-10(18-12)4-5-11(16)17/h2-6H,1H3,(H,16,17)/b5-4+. The van der Waals surface area contributed by atoms with Crippen LogP contribution in [0.25, 0.3) is 17.5 Å². The predicted molar refractivity (Wildman–Crippen MR) is 66.2 cm³/mol. The fourth-order valence-electron chi connectivity index (χ4n) is 1.34. The fourth-order valence-corrected chi connectivity index (χ4v) is 1.46. The predicted octanol–water partition coefficient (Wildman–Crippen LogP) is 2.80. The van der Waals surface area contributed by atoms with E-state index in [1.165, 1.54) is 6.08 Å². The van der Waals surface area contributed by atoms with E-state index in [4.69, 9.17) is 21.1 Å². The molecule has 6 heteroatoms.